The summed E-state index contributed by atoms with van der Waals surface area (Å²) >= 11 is 0. The van der Waals surface area contributed by atoms with E-state index < -0.39 is 29.7 Å². The first kappa shape index (κ1) is 33.9. The molecule has 0 bridgehead atoms. The van der Waals surface area contributed by atoms with Gasteiger partial charge in [0.1, 0.15) is 18.4 Å². The van der Waals surface area contributed by atoms with E-state index in [0.29, 0.717) is 18.0 Å². The average Bonchev–Trinajstić information content (AvgIpc) is 3.39. The highest BCUT2D eigenvalue weighted by Crippen LogP contribution is 2.35. The van der Waals surface area contributed by atoms with E-state index in [0.717, 1.165) is 22.4 Å². The summed E-state index contributed by atoms with van der Waals surface area (Å²) < 4.78 is 6.00. The number of benzene rings is 4. The Kier molecular flexibility index (Phi) is 10.2. The largest absolute Gasteiger partial charge is 0.492 e. The first-order valence-electron chi connectivity index (χ1n) is 16.7. The van der Waals surface area contributed by atoms with Crippen LogP contribution >= 0.6 is 0 Å². The molecule has 5 amide bonds. The van der Waals surface area contributed by atoms with E-state index >= 15 is 0 Å². The third-order valence-electron chi connectivity index (χ3n) is 9.00. The van der Waals surface area contributed by atoms with E-state index in [1.165, 1.54) is 27.7 Å². The van der Waals surface area contributed by atoms with Gasteiger partial charge in [0.25, 0.3) is 11.8 Å². The second-order valence-corrected chi connectivity index (χ2v) is 12.2. The number of imide groups is 2. The van der Waals surface area contributed by atoms with E-state index in [2.05, 4.69) is 66.1 Å². The zero-order valence-corrected chi connectivity index (χ0v) is 28.0. The topological polar surface area (TPSA) is 125 Å². The molecular weight excluding hydrogens is 632 g/mol. The molecule has 1 saturated heterocycles. The second-order valence-electron chi connectivity index (χ2n) is 12.2. The molecule has 2 aliphatic rings. The number of carbonyl (C=O) groups excluding carboxylic acids is 5. The summed E-state index contributed by atoms with van der Waals surface area (Å²) in [4.78, 5) is 65.9. The lowest BCUT2D eigenvalue weighted by Crippen LogP contribution is -2.54. The minimum atomic E-state index is -1.07. The molecule has 4 aromatic rings. The van der Waals surface area contributed by atoms with Gasteiger partial charge < -0.3 is 15.0 Å². The summed E-state index contributed by atoms with van der Waals surface area (Å²) in [6.07, 6.45) is 0.962. The van der Waals surface area contributed by atoms with Gasteiger partial charge in [-0.25, -0.2) is 0 Å². The summed E-state index contributed by atoms with van der Waals surface area (Å²) in [7, 11) is 1.66. The van der Waals surface area contributed by atoms with Gasteiger partial charge in [-0.3, -0.25) is 34.2 Å². The van der Waals surface area contributed by atoms with Crippen LogP contribution in [0.15, 0.2) is 103 Å². The Bertz CT molecular complexity index is 1960. The van der Waals surface area contributed by atoms with Crippen LogP contribution in [0.5, 0.6) is 5.75 Å². The van der Waals surface area contributed by atoms with E-state index in [1.54, 1.807) is 19.2 Å². The maximum atomic E-state index is 13.3. The van der Waals surface area contributed by atoms with Crippen LogP contribution in [0.1, 0.15) is 63.6 Å². The Morgan fingerprint density at radius 1 is 0.840 bits per heavy atom. The molecule has 0 aliphatic carbocycles. The van der Waals surface area contributed by atoms with E-state index in [-0.39, 0.29) is 43.0 Å². The number of hydrogen-bond donors (Lipinski definition) is 2. The van der Waals surface area contributed by atoms with Crippen molar-refractivity contribution in [2.75, 3.05) is 32.1 Å². The molecule has 2 aliphatic heterocycles. The van der Waals surface area contributed by atoms with Gasteiger partial charge in [-0.05, 0) is 64.9 Å². The number of nitrogens with one attached hydrogen (secondary N) is 2. The molecule has 0 spiro atoms. The zero-order chi connectivity index (χ0) is 35.2. The third-order valence-corrected chi connectivity index (χ3v) is 9.00. The Morgan fingerprint density at radius 3 is 2.16 bits per heavy atom. The van der Waals surface area contributed by atoms with Crippen molar-refractivity contribution in [1.82, 2.24) is 15.1 Å². The molecule has 10 nitrogen and oxygen atoms in total. The summed E-state index contributed by atoms with van der Waals surface area (Å²) in [5.74, 6) is -1.92. The molecule has 0 saturated carbocycles. The molecule has 0 radical (unpaired) electrons. The molecular formula is C40H38N4O6. The van der Waals surface area contributed by atoms with Crippen molar-refractivity contribution in [3.63, 3.8) is 0 Å². The first-order chi connectivity index (χ1) is 24.3. The molecule has 2 N–H and O–H groups in total. The monoisotopic (exact) mass is 670 g/mol. The Hall–Kier alpha value is -6.03. The van der Waals surface area contributed by atoms with Gasteiger partial charge in [-0.15, -0.1) is 0 Å². The maximum Gasteiger partial charge on any atom is 0.264 e. The number of fused-ring (bicyclic) bond motifs is 1. The van der Waals surface area contributed by atoms with Crippen molar-refractivity contribution in [3.05, 3.63) is 131 Å². The zero-order valence-electron chi connectivity index (χ0n) is 28.0. The molecule has 50 heavy (non-hydrogen) atoms. The Balaban J connectivity index is 1.06. The number of ether oxygens (including phenoxy) is 1. The van der Waals surface area contributed by atoms with Crippen molar-refractivity contribution in [2.45, 2.75) is 32.2 Å². The van der Waals surface area contributed by atoms with E-state index in [4.69, 9.17) is 4.74 Å². The standard InChI is InChI=1S/C40H38N4O6/c1-3-30(26-11-6-4-7-12-26)36(27-13-8-5-9-14-27)28-17-19-29(20-18-28)50-24-23-43(2)35(46)25-41-32-16-10-15-31-37(32)40(49)44(39(31)48)33-21-22-34(45)42-38(33)47/h4-20,33,41H,3,21-25H2,1-2H3,(H,42,45,47). The number of allylic oxidation sites excluding steroid dienone is 1. The van der Waals surface area contributed by atoms with Crippen molar-refractivity contribution in [3.8, 4) is 5.75 Å². The smallest absolute Gasteiger partial charge is 0.264 e. The lowest BCUT2D eigenvalue weighted by Gasteiger charge is -2.27. The molecule has 2 heterocycles. The van der Waals surface area contributed by atoms with Gasteiger partial charge in [-0.2, -0.15) is 0 Å². The van der Waals surface area contributed by atoms with Crippen LogP contribution in [0.3, 0.4) is 0 Å². The predicted octanol–water partition coefficient (Wildman–Crippen LogP) is 5.41. The van der Waals surface area contributed by atoms with Crippen LogP contribution in [0.2, 0.25) is 0 Å². The SMILES string of the molecule is CCC(=C(c1ccccc1)c1ccc(OCCN(C)C(=O)CNc2cccc3c2C(=O)N(C2CCC(=O)NC2=O)C3=O)cc1)c1ccccc1. The fourth-order valence-electron chi connectivity index (χ4n) is 6.40. The highest BCUT2D eigenvalue weighted by atomic mass is 16.5. The normalized spacial score (nSPS) is 16.0. The van der Waals surface area contributed by atoms with E-state index in [1.807, 2.05) is 36.4 Å². The molecule has 0 aromatic heterocycles. The van der Waals surface area contributed by atoms with Gasteiger partial charge in [0.15, 0.2) is 0 Å². The molecule has 254 valence electrons. The van der Waals surface area contributed by atoms with Crippen molar-refractivity contribution in [1.29, 1.82) is 0 Å². The highest BCUT2D eigenvalue weighted by molar-refractivity contribution is 6.25. The summed E-state index contributed by atoms with van der Waals surface area (Å²) in [6, 6.07) is 32.4. The van der Waals surface area contributed by atoms with Crippen molar-refractivity contribution >= 4 is 46.4 Å². The molecule has 1 atom stereocenters. The number of carbonyl (C=O) groups is 5. The second kappa shape index (κ2) is 15.0. The molecule has 1 fully saturated rings. The molecule has 6 rings (SSSR count). The van der Waals surface area contributed by atoms with Gasteiger partial charge in [-0.1, -0.05) is 85.8 Å². The van der Waals surface area contributed by atoms with Crippen molar-refractivity contribution < 1.29 is 28.7 Å². The number of piperidine rings is 1. The van der Waals surface area contributed by atoms with Gasteiger partial charge >= 0.3 is 0 Å². The van der Waals surface area contributed by atoms with Gasteiger partial charge in [0.05, 0.1) is 24.2 Å². The Morgan fingerprint density at radius 2 is 1.50 bits per heavy atom. The molecule has 1 unspecified atom stereocenters. The lowest BCUT2D eigenvalue weighted by molar-refractivity contribution is -0.136. The molecule has 10 heteroatoms. The number of rotatable bonds is 12. The van der Waals surface area contributed by atoms with Crippen molar-refractivity contribution in [2.24, 2.45) is 0 Å². The summed E-state index contributed by atoms with van der Waals surface area (Å²) in [5, 5.41) is 5.18. The summed E-state index contributed by atoms with van der Waals surface area (Å²) in [5.41, 5.74) is 6.38. The number of nitrogens with zero attached hydrogens (tertiary/aromatic N) is 2. The maximum absolute atomic E-state index is 13.3. The summed E-state index contributed by atoms with van der Waals surface area (Å²) in [6.45, 7) is 2.62. The average molecular weight is 671 g/mol. The fraction of sp³-hybridized carbons (Fsp3) is 0.225. The predicted molar refractivity (Wildman–Crippen MR) is 190 cm³/mol. The number of amides is 5. The third kappa shape index (κ3) is 7.05. The lowest BCUT2D eigenvalue weighted by atomic mass is 9.88. The van der Waals surface area contributed by atoms with Crippen LogP contribution in [0.25, 0.3) is 11.1 Å². The van der Waals surface area contributed by atoms with Gasteiger partial charge in [0.2, 0.25) is 17.7 Å². The first-order valence-corrected chi connectivity index (χ1v) is 16.7. The van der Waals surface area contributed by atoms with Crippen LogP contribution in [0.4, 0.5) is 5.69 Å². The van der Waals surface area contributed by atoms with Gasteiger partial charge in [0, 0.05) is 19.2 Å². The van der Waals surface area contributed by atoms with E-state index in [9.17, 15) is 24.0 Å². The Labute approximate surface area is 290 Å². The fourth-order valence-corrected chi connectivity index (χ4v) is 6.40. The van der Waals surface area contributed by atoms with Crippen LogP contribution in [-0.4, -0.2) is 72.1 Å². The number of hydrogen-bond acceptors (Lipinski definition) is 7. The minimum Gasteiger partial charge on any atom is -0.492 e. The minimum absolute atomic E-state index is 0.0336. The van der Waals surface area contributed by atoms with Crippen LogP contribution in [0, 0.1) is 0 Å². The van der Waals surface area contributed by atoms with Crippen LogP contribution in [-0.2, 0) is 14.4 Å². The number of likely N-dealkylation sites (N-methyl/N-ethyl adjacent to an activating group) is 1. The highest BCUT2D eigenvalue weighted by Gasteiger charge is 2.45. The quantitative estimate of drug-likeness (QED) is 0.153. The molecule has 4 aromatic carbocycles. The number of anilines is 1. The van der Waals surface area contributed by atoms with Crippen LogP contribution < -0.4 is 15.4 Å².